The van der Waals surface area contributed by atoms with E-state index < -0.39 is 29.2 Å². The second-order valence-electron chi connectivity index (χ2n) is 7.09. The third-order valence-electron chi connectivity index (χ3n) is 2.40. The molecule has 140 valence electrons. The minimum atomic E-state index is -0.917. The molecule has 9 heteroatoms. The Kier molecular flexibility index (Phi) is 6.17. The molecule has 8 nitrogen and oxygen atoms in total. The number of hydrogen-bond donors (Lipinski definition) is 1. The number of carbonyl (C=O) groups excluding carboxylic acids is 2. The molecule has 0 aromatic carbocycles. The molecule has 0 bridgehead atoms. The number of hydrogen-bond acceptors (Lipinski definition) is 6. The smallest absolute Gasteiger partial charge is 0.435 e. The van der Waals surface area contributed by atoms with Gasteiger partial charge in [-0.1, -0.05) is 0 Å². The maximum Gasteiger partial charge on any atom is 0.435 e. The van der Waals surface area contributed by atoms with Crippen LogP contribution in [-0.4, -0.2) is 35.5 Å². The molecule has 1 aromatic heterocycles. The summed E-state index contributed by atoms with van der Waals surface area (Å²) in [5.74, 6) is -1.15. The fourth-order valence-corrected chi connectivity index (χ4v) is 1.58. The predicted octanol–water partition coefficient (Wildman–Crippen LogP) is 3.41. The van der Waals surface area contributed by atoms with E-state index in [1.54, 1.807) is 41.5 Å². The van der Waals surface area contributed by atoms with Crippen molar-refractivity contribution in [2.24, 2.45) is 0 Å². The van der Waals surface area contributed by atoms with E-state index in [0.29, 0.717) is 0 Å². The molecule has 0 aliphatic rings. The summed E-state index contributed by atoms with van der Waals surface area (Å²) in [5.41, 5.74) is 0.636. The van der Waals surface area contributed by atoms with Gasteiger partial charge < -0.3 is 14.2 Å². The molecular weight excluding hydrogens is 333 g/mol. The van der Waals surface area contributed by atoms with Crippen molar-refractivity contribution in [1.29, 1.82) is 0 Å². The number of hydrazine groups is 1. The summed E-state index contributed by atoms with van der Waals surface area (Å²) in [5, 5.41) is 0.723. The Morgan fingerprint density at radius 2 is 1.64 bits per heavy atom. The van der Waals surface area contributed by atoms with E-state index in [4.69, 9.17) is 14.2 Å². The van der Waals surface area contributed by atoms with Crippen LogP contribution in [0.3, 0.4) is 0 Å². The molecule has 0 atom stereocenters. The maximum absolute atomic E-state index is 13.6. The van der Waals surface area contributed by atoms with Crippen LogP contribution in [-0.2, 0) is 9.47 Å². The van der Waals surface area contributed by atoms with Crippen molar-refractivity contribution in [3.05, 3.63) is 17.9 Å². The van der Waals surface area contributed by atoms with Crippen molar-refractivity contribution in [2.75, 3.05) is 12.1 Å². The lowest BCUT2D eigenvalue weighted by Crippen LogP contribution is -2.50. The summed E-state index contributed by atoms with van der Waals surface area (Å²) in [6, 6.07) is 2.24. The predicted molar refractivity (Wildman–Crippen MR) is 88.8 cm³/mol. The first-order chi connectivity index (χ1) is 11.3. The van der Waals surface area contributed by atoms with E-state index in [-0.39, 0.29) is 11.7 Å². The van der Waals surface area contributed by atoms with Gasteiger partial charge in [0.15, 0.2) is 11.6 Å². The van der Waals surface area contributed by atoms with E-state index >= 15 is 0 Å². The van der Waals surface area contributed by atoms with Crippen LogP contribution in [0.1, 0.15) is 41.5 Å². The Labute approximate surface area is 146 Å². The molecular formula is C16H24FN3O5. The molecule has 0 radical (unpaired) electrons. The number of methoxy groups -OCH3 is 1. The lowest BCUT2D eigenvalue weighted by Gasteiger charge is -2.28. The highest BCUT2D eigenvalue weighted by atomic mass is 19.1. The molecule has 1 rings (SSSR count). The molecule has 25 heavy (non-hydrogen) atoms. The summed E-state index contributed by atoms with van der Waals surface area (Å²) in [4.78, 5) is 28.3. The van der Waals surface area contributed by atoms with Crippen LogP contribution in [0.5, 0.6) is 5.88 Å². The van der Waals surface area contributed by atoms with Gasteiger partial charge in [0.1, 0.15) is 11.2 Å². The molecule has 1 aromatic rings. The van der Waals surface area contributed by atoms with Gasteiger partial charge in [-0.2, -0.15) is 9.99 Å². The van der Waals surface area contributed by atoms with Gasteiger partial charge in [-0.15, -0.1) is 0 Å². The number of aromatic nitrogens is 1. The number of amides is 2. The first-order valence-corrected chi connectivity index (χ1v) is 7.55. The van der Waals surface area contributed by atoms with Gasteiger partial charge in [-0.05, 0) is 53.7 Å². The van der Waals surface area contributed by atoms with Crippen LogP contribution in [0.15, 0.2) is 12.1 Å². The Balaban J connectivity index is 3.15. The monoisotopic (exact) mass is 357 g/mol. The lowest BCUT2D eigenvalue weighted by atomic mass is 10.2. The molecule has 1 heterocycles. The Hall–Kier alpha value is -2.58. The molecule has 0 saturated carbocycles. The fourth-order valence-electron chi connectivity index (χ4n) is 1.58. The topological polar surface area (TPSA) is 90.0 Å². The van der Waals surface area contributed by atoms with Crippen molar-refractivity contribution in [1.82, 2.24) is 10.4 Å². The van der Waals surface area contributed by atoms with Crippen molar-refractivity contribution >= 4 is 18.0 Å². The van der Waals surface area contributed by atoms with Crippen LogP contribution in [0, 0.1) is 5.82 Å². The van der Waals surface area contributed by atoms with Gasteiger partial charge >= 0.3 is 12.2 Å². The summed E-state index contributed by atoms with van der Waals surface area (Å²) in [6.45, 7) is 10.00. The zero-order valence-electron chi connectivity index (χ0n) is 15.5. The van der Waals surface area contributed by atoms with Crippen molar-refractivity contribution < 1.29 is 28.2 Å². The molecule has 0 unspecified atom stereocenters. The first kappa shape index (κ1) is 20.5. The number of ether oxygens (including phenoxy) is 3. The Bertz CT molecular complexity index is 638. The van der Waals surface area contributed by atoms with E-state index in [1.807, 2.05) is 0 Å². The molecule has 1 N–H and O–H groups in total. The van der Waals surface area contributed by atoms with E-state index in [2.05, 4.69) is 10.4 Å². The van der Waals surface area contributed by atoms with E-state index in [1.165, 1.54) is 13.2 Å². The fraction of sp³-hybridized carbons (Fsp3) is 0.562. The average molecular weight is 357 g/mol. The molecule has 0 spiro atoms. The second-order valence-corrected chi connectivity index (χ2v) is 7.09. The van der Waals surface area contributed by atoms with Crippen LogP contribution in [0.4, 0.5) is 19.8 Å². The average Bonchev–Trinajstić information content (AvgIpc) is 2.41. The van der Waals surface area contributed by atoms with Crippen LogP contribution >= 0.6 is 0 Å². The molecule has 2 amide bonds. The number of anilines is 1. The highest BCUT2D eigenvalue weighted by molar-refractivity contribution is 5.89. The minimum Gasteiger partial charge on any atom is -0.479 e. The SMILES string of the molecule is COc1nc(N(NC(=O)OC(C)(C)C)C(=O)OC(C)(C)C)ccc1F. The van der Waals surface area contributed by atoms with Crippen molar-refractivity contribution in [2.45, 2.75) is 52.7 Å². The van der Waals surface area contributed by atoms with Gasteiger partial charge in [-0.25, -0.2) is 19.4 Å². The van der Waals surface area contributed by atoms with Crippen molar-refractivity contribution in [3.8, 4) is 5.88 Å². The number of halogens is 1. The van der Waals surface area contributed by atoms with Gasteiger partial charge in [0.25, 0.3) is 5.88 Å². The summed E-state index contributed by atoms with van der Waals surface area (Å²) in [7, 11) is 1.23. The lowest BCUT2D eigenvalue weighted by molar-refractivity contribution is 0.0423. The van der Waals surface area contributed by atoms with E-state index in [0.717, 1.165) is 11.1 Å². The van der Waals surface area contributed by atoms with Crippen LogP contribution < -0.4 is 15.2 Å². The highest BCUT2D eigenvalue weighted by Crippen LogP contribution is 2.21. The standard InChI is InChI=1S/C16H24FN3O5/c1-15(2,3)24-13(21)19-20(14(22)25-16(4,5)6)11-9-8-10(17)12(18-11)23-7/h8-9H,1-7H3,(H,19,21). The molecule has 0 saturated heterocycles. The number of rotatable bonds is 2. The highest BCUT2D eigenvalue weighted by Gasteiger charge is 2.28. The summed E-state index contributed by atoms with van der Waals surface area (Å²) < 4.78 is 28.7. The van der Waals surface area contributed by atoms with Crippen molar-refractivity contribution in [3.63, 3.8) is 0 Å². The number of carbonyl (C=O) groups is 2. The largest absolute Gasteiger partial charge is 0.479 e. The third-order valence-corrected chi connectivity index (χ3v) is 2.40. The number of nitrogens with zero attached hydrogens (tertiary/aromatic N) is 2. The van der Waals surface area contributed by atoms with Gasteiger partial charge in [0, 0.05) is 0 Å². The molecule has 0 aliphatic carbocycles. The second kappa shape index (κ2) is 7.54. The Morgan fingerprint density at radius 3 is 2.12 bits per heavy atom. The first-order valence-electron chi connectivity index (χ1n) is 7.55. The number of nitrogens with one attached hydrogen (secondary N) is 1. The van der Waals surface area contributed by atoms with Gasteiger partial charge in [-0.3, -0.25) is 0 Å². The van der Waals surface area contributed by atoms with Crippen LogP contribution in [0.2, 0.25) is 0 Å². The van der Waals surface area contributed by atoms with E-state index in [9.17, 15) is 14.0 Å². The van der Waals surface area contributed by atoms with Gasteiger partial charge in [0.05, 0.1) is 7.11 Å². The van der Waals surface area contributed by atoms with Gasteiger partial charge in [0.2, 0.25) is 0 Å². The quantitative estimate of drug-likeness (QED) is 0.816. The Morgan fingerprint density at radius 1 is 1.08 bits per heavy atom. The number of pyridine rings is 1. The zero-order chi connectivity index (χ0) is 19.4. The normalized spacial score (nSPS) is 11.5. The molecule has 0 aliphatic heterocycles. The summed E-state index contributed by atoms with van der Waals surface area (Å²) in [6.07, 6.45) is -1.82. The van der Waals surface area contributed by atoms with Crippen LogP contribution in [0.25, 0.3) is 0 Å². The third kappa shape index (κ3) is 6.82. The summed E-state index contributed by atoms with van der Waals surface area (Å²) >= 11 is 0. The minimum absolute atomic E-state index is 0.0987. The maximum atomic E-state index is 13.6. The zero-order valence-corrected chi connectivity index (χ0v) is 15.5. The molecule has 0 fully saturated rings.